The molecule has 0 radical (unpaired) electrons. The van der Waals surface area contributed by atoms with Gasteiger partial charge in [0.15, 0.2) is 5.82 Å². The van der Waals surface area contributed by atoms with E-state index in [0.717, 1.165) is 6.42 Å². The number of benzene rings is 1. The molecule has 2 rings (SSSR count). The Labute approximate surface area is 128 Å². The summed E-state index contributed by atoms with van der Waals surface area (Å²) in [6.07, 6.45) is 0.937. The molecule has 6 nitrogen and oxygen atoms in total. The van der Waals surface area contributed by atoms with Crippen molar-refractivity contribution in [2.45, 2.75) is 19.4 Å². The second kappa shape index (κ2) is 7.40. The summed E-state index contributed by atoms with van der Waals surface area (Å²) in [4.78, 5) is 4.29. The Hall–Kier alpha value is -1.63. The fourth-order valence-electron chi connectivity index (χ4n) is 1.77. The van der Waals surface area contributed by atoms with Gasteiger partial charge in [-0.2, -0.15) is 4.98 Å². The molecule has 0 spiro atoms. The average Bonchev–Trinajstić information content (AvgIpc) is 2.97. The van der Waals surface area contributed by atoms with Crippen molar-refractivity contribution in [1.29, 1.82) is 0 Å². The van der Waals surface area contributed by atoms with E-state index in [9.17, 15) is 0 Å². The minimum Gasteiger partial charge on any atom is -0.496 e. The molecule has 0 aliphatic carbocycles. The SMILES string of the molecule is CCCOCC(N)c1noc(-c2ccc(Cl)cc2OC)n1. The summed E-state index contributed by atoms with van der Waals surface area (Å²) < 4.78 is 15.9. The van der Waals surface area contributed by atoms with Crippen molar-refractivity contribution in [1.82, 2.24) is 10.1 Å². The van der Waals surface area contributed by atoms with Crippen LogP contribution in [-0.2, 0) is 4.74 Å². The van der Waals surface area contributed by atoms with Crippen LogP contribution in [0.4, 0.5) is 0 Å². The normalized spacial score (nSPS) is 12.4. The first-order valence-corrected chi connectivity index (χ1v) is 7.04. The highest BCUT2D eigenvalue weighted by Gasteiger charge is 2.18. The molecule has 21 heavy (non-hydrogen) atoms. The van der Waals surface area contributed by atoms with E-state index < -0.39 is 6.04 Å². The standard InChI is InChI=1S/C14H18ClN3O3/c1-3-6-20-8-11(16)13-17-14(21-18-13)10-5-4-9(15)7-12(10)19-2/h4-5,7,11H,3,6,8,16H2,1-2H3. The molecule has 114 valence electrons. The number of rotatable bonds is 7. The first-order valence-electron chi connectivity index (χ1n) is 6.66. The van der Waals surface area contributed by atoms with Gasteiger partial charge in [-0.3, -0.25) is 0 Å². The molecule has 1 unspecified atom stereocenters. The zero-order valence-electron chi connectivity index (χ0n) is 12.0. The molecule has 1 heterocycles. The van der Waals surface area contributed by atoms with Gasteiger partial charge in [-0.25, -0.2) is 0 Å². The Morgan fingerprint density at radius 2 is 2.24 bits per heavy atom. The summed E-state index contributed by atoms with van der Waals surface area (Å²) >= 11 is 5.93. The Morgan fingerprint density at radius 1 is 1.43 bits per heavy atom. The molecule has 0 saturated heterocycles. The smallest absolute Gasteiger partial charge is 0.261 e. The summed E-state index contributed by atoms with van der Waals surface area (Å²) in [6, 6.07) is 4.75. The lowest BCUT2D eigenvalue weighted by atomic mass is 10.2. The van der Waals surface area contributed by atoms with Crippen LogP contribution in [-0.4, -0.2) is 30.5 Å². The summed E-state index contributed by atoms with van der Waals surface area (Å²) in [6.45, 7) is 3.04. The van der Waals surface area contributed by atoms with Gasteiger partial charge in [0, 0.05) is 11.6 Å². The van der Waals surface area contributed by atoms with Crippen LogP contribution in [0, 0.1) is 0 Å². The predicted molar refractivity (Wildman–Crippen MR) is 79.3 cm³/mol. The first kappa shape index (κ1) is 15.8. The Bertz CT molecular complexity index is 589. The van der Waals surface area contributed by atoms with Gasteiger partial charge in [0.1, 0.15) is 5.75 Å². The van der Waals surface area contributed by atoms with E-state index in [2.05, 4.69) is 10.1 Å². The van der Waals surface area contributed by atoms with Gasteiger partial charge in [0.25, 0.3) is 5.89 Å². The van der Waals surface area contributed by atoms with E-state index in [0.29, 0.717) is 41.3 Å². The van der Waals surface area contributed by atoms with Gasteiger partial charge in [-0.1, -0.05) is 23.7 Å². The molecule has 0 amide bonds. The minimum absolute atomic E-state index is 0.337. The third kappa shape index (κ3) is 3.93. The van der Waals surface area contributed by atoms with Gasteiger partial charge < -0.3 is 19.7 Å². The van der Waals surface area contributed by atoms with Crippen molar-refractivity contribution in [3.8, 4) is 17.2 Å². The van der Waals surface area contributed by atoms with Crippen molar-refractivity contribution in [2.24, 2.45) is 5.73 Å². The Balaban J connectivity index is 2.16. The fraction of sp³-hybridized carbons (Fsp3) is 0.429. The summed E-state index contributed by atoms with van der Waals surface area (Å²) in [5.41, 5.74) is 6.63. The van der Waals surface area contributed by atoms with E-state index in [1.165, 1.54) is 0 Å². The molecule has 0 bridgehead atoms. The number of hydrogen-bond donors (Lipinski definition) is 1. The fourth-order valence-corrected chi connectivity index (χ4v) is 1.93. The van der Waals surface area contributed by atoms with Gasteiger partial charge in [0.05, 0.1) is 25.3 Å². The number of ether oxygens (including phenoxy) is 2. The van der Waals surface area contributed by atoms with E-state index in [4.69, 9.17) is 31.3 Å². The second-order valence-corrected chi connectivity index (χ2v) is 4.92. The number of hydrogen-bond acceptors (Lipinski definition) is 6. The number of aromatic nitrogens is 2. The van der Waals surface area contributed by atoms with E-state index >= 15 is 0 Å². The molecule has 0 fully saturated rings. The van der Waals surface area contributed by atoms with Crippen molar-refractivity contribution in [3.63, 3.8) is 0 Å². The molecular weight excluding hydrogens is 294 g/mol. The monoisotopic (exact) mass is 311 g/mol. The molecule has 1 aromatic carbocycles. The summed E-state index contributed by atoms with van der Waals surface area (Å²) in [5.74, 6) is 1.30. The highest BCUT2D eigenvalue weighted by atomic mass is 35.5. The van der Waals surface area contributed by atoms with E-state index in [1.54, 1.807) is 25.3 Å². The maximum atomic E-state index is 5.96. The lowest BCUT2D eigenvalue weighted by Crippen LogP contribution is -2.18. The molecule has 7 heteroatoms. The van der Waals surface area contributed by atoms with Crippen LogP contribution in [0.2, 0.25) is 5.02 Å². The Morgan fingerprint density at radius 3 is 2.95 bits per heavy atom. The molecule has 0 aliphatic heterocycles. The van der Waals surface area contributed by atoms with Crippen LogP contribution in [0.3, 0.4) is 0 Å². The van der Waals surface area contributed by atoms with Crippen LogP contribution in [0.5, 0.6) is 5.75 Å². The number of nitrogens with two attached hydrogens (primary N) is 1. The molecule has 0 saturated carbocycles. The lowest BCUT2D eigenvalue weighted by molar-refractivity contribution is 0.119. The van der Waals surface area contributed by atoms with Crippen molar-refractivity contribution in [2.75, 3.05) is 20.3 Å². The van der Waals surface area contributed by atoms with Crippen molar-refractivity contribution >= 4 is 11.6 Å². The largest absolute Gasteiger partial charge is 0.496 e. The van der Waals surface area contributed by atoms with Crippen molar-refractivity contribution in [3.05, 3.63) is 29.0 Å². The molecule has 0 aliphatic rings. The van der Waals surface area contributed by atoms with Crippen LogP contribution in [0.25, 0.3) is 11.5 Å². The van der Waals surface area contributed by atoms with Crippen LogP contribution in [0.1, 0.15) is 25.2 Å². The molecule has 1 atom stereocenters. The zero-order valence-corrected chi connectivity index (χ0v) is 12.8. The summed E-state index contributed by atoms with van der Waals surface area (Å²) in [7, 11) is 1.55. The van der Waals surface area contributed by atoms with Gasteiger partial charge in [-0.15, -0.1) is 0 Å². The highest BCUT2D eigenvalue weighted by molar-refractivity contribution is 6.30. The Kier molecular flexibility index (Phi) is 5.55. The third-order valence-electron chi connectivity index (χ3n) is 2.81. The van der Waals surface area contributed by atoms with E-state index in [-0.39, 0.29) is 0 Å². The molecule has 1 aromatic heterocycles. The lowest BCUT2D eigenvalue weighted by Gasteiger charge is -2.07. The van der Waals surface area contributed by atoms with Crippen LogP contribution >= 0.6 is 11.6 Å². The predicted octanol–water partition coefficient (Wildman–Crippen LogP) is 2.83. The molecule has 2 N–H and O–H groups in total. The quantitative estimate of drug-likeness (QED) is 0.792. The van der Waals surface area contributed by atoms with Crippen molar-refractivity contribution < 1.29 is 14.0 Å². The topological polar surface area (TPSA) is 83.4 Å². The van der Waals surface area contributed by atoms with E-state index in [1.807, 2.05) is 6.92 Å². The second-order valence-electron chi connectivity index (χ2n) is 4.48. The number of nitrogens with zero attached hydrogens (tertiary/aromatic N) is 2. The van der Waals surface area contributed by atoms with Crippen LogP contribution < -0.4 is 10.5 Å². The molecule has 2 aromatic rings. The first-order chi connectivity index (χ1) is 10.2. The number of methoxy groups -OCH3 is 1. The number of halogens is 1. The maximum absolute atomic E-state index is 5.96. The van der Waals surface area contributed by atoms with Gasteiger partial charge in [-0.05, 0) is 24.6 Å². The maximum Gasteiger partial charge on any atom is 0.261 e. The minimum atomic E-state index is -0.424. The summed E-state index contributed by atoms with van der Waals surface area (Å²) in [5, 5.41) is 4.46. The van der Waals surface area contributed by atoms with Gasteiger partial charge in [0.2, 0.25) is 0 Å². The highest BCUT2D eigenvalue weighted by Crippen LogP contribution is 2.31. The van der Waals surface area contributed by atoms with Crippen LogP contribution in [0.15, 0.2) is 22.7 Å². The molecular formula is C14H18ClN3O3. The third-order valence-corrected chi connectivity index (χ3v) is 3.05. The average molecular weight is 312 g/mol. The zero-order chi connectivity index (χ0) is 15.2. The van der Waals surface area contributed by atoms with Gasteiger partial charge >= 0.3 is 0 Å².